The Morgan fingerprint density at radius 3 is 2.82 bits per heavy atom. The summed E-state index contributed by atoms with van der Waals surface area (Å²) in [5, 5.41) is 18.1. The largest absolute Gasteiger partial charge is 0.497 e. The highest BCUT2D eigenvalue weighted by atomic mass is 16.5. The Kier molecular flexibility index (Phi) is 2.19. The number of aliphatic hydroxyl groups is 1. The number of hydrogen-bond donors (Lipinski definition) is 1. The van der Waals surface area contributed by atoms with Crippen molar-refractivity contribution in [3.63, 3.8) is 0 Å². The summed E-state index contributed by atoms with van der Waals surface area (Å²) in [5.41, 5.74) is 2.35. The van der Waals surface area contributed by atoms with Crippen molar-refractivity contribution in [1.82, 2.24) is 14.8 Å². The first-order valence-corrected chi connectivity index (χ1v) is 5.25. The van der Waals surface area contributed by atoms with E-state index in [0.29, 0.717) is 5.69 Å². The van der Waals surface area contributed by atoms with Gasteiger partial charge in [-0.1, -0.05) is 11.3 Å². The van der Waals surface area contributed by atoms with E-state index in [1.54, 1.807) is 11.6 Å². The molecule has 1 aromatic carbocycles. The summed E-state index contributed by atoms with van der Waals surface area (Å²) in [5.74, 6) is 0.805. The molecule has 2 aromatic heterocycles. The van der Waals surface area contributed by atoms with E-state index in [4.69, 9.17) is 9.84 Å². The molecule has 0 spiro atoms. The number of benzene rings is 1. The summed E-state index contributed by atoms with van der Waals surface area (Å²) in [6.45, 7) is -0.106. The zero-order valence-electron chi connectivity index (χ0n) is 9.29. The molecular formula is C12H11N3O2. The highest BCUT2D eigenvalue weighted by molar-refractivity contribution is 5.83. The average molecular weight is 229 g/mol. The van der Waals surface area contributed by atoms with Gasteiger partial charge in [0.25, 0.3) is 0 Å². The number of hydrogen-bond acceptors (Lipinski definition) is 4. The van der Waals surface area contributed by atoms with Gasteiger partial charge in [-0.25, -0.2) is 4.52 Å². The second-order valence-electron chi connectivity index (χ2n) is 3.75. The number of aliphatic hydroxyl groups excluding tert-OH is 1. The summed E-state index contributed by atoms with van der Waals surface area (Å²) in [6.07, 6.45) is 0. The Balaban J connectivity index is 2.36. The normalized spacial score (nSPS) is 11.2. The fourth-order valence-corrected chi connectivity index (χ4v) is 1.93. The van der Waals surface area contributed by atoms with Gasteiger partial charge in [0.1, 0.15) is 11.4 Å². The van der Waals surface area contributed by atoms with Gasteiger partial charge in [0.2, 0.25) is 0 Å². The summed E-state index contributed by atoms with van der Waals surface area (Å²) in [7, 11) is 1.64. The van der Waals surface area contributed by atoms with Gasteiger partial charge < -0.3 is 9.84 Å². The van der Waals surface area contributed by atoms with E-state index in [2.05, 4.69) is 10.3 Å². The predicted molar refractivity (Wildman–Crippen MR) is 63.0 cm³/mol. The van der Waals surface area contributed by atoms with Gasteiger partial charge >= 0.3 is 0 Å². The first kappa shape index (κ1) is 10.0. The molecule has 0 aliphatic heterocycles. The lowest BCUT2D eigenvalue weighted by atomic mass is 10.2. The quantitative estimate of drug-likeness (QED) is 0.721. The summed E-state index contributed by atoms with van der Waals surface area (Å²) in [4.78, 5) is 0. The van der Waals surface area contributed by atoms with Crippen LogP contribution in [0.1, 0.15) is 5.69 Å². The number of aromatic nitrogens is 3. The van der Waals surface area contributed by atoms with Crippen LogP contribution in [-0.4, -0.2) is 27.0 Å². The molecule has 2 heterocycles. The molecule has 0 atom stereocenters. The highest BCUT2D eigenvalue weighted by Crippen LogP contribution is 2.22. The Morgan fingerprint density at radius 2 is 2.06 bits per heavy atom. The van der Waals surface area contributed by atoms with Gasteiger partial charge in [-0.15, -0.1) is 5.10 Å². The third-order valence-corrected chi connectivity index (χ3v) is 2.81. The van der Waals surface area contributed by atoms with Crippen molar-refractivity contribution in [2.45, 2.75) is 6.61 Å². The summed E-state index contributed by atoms with van der Waals surface area (Å²) in [6, 6.07) is 9.61. The van der Waals surface area contributed by atoms with Crippen molar-refractivity contribution in [3.05, 3.63) is 36.0 Å². The Morgan fingerprint density at radius 1 is 1.24 bits per heavy atom. The number of fused-ring (bicyclic) bond motifs is 3. The highest BCUT2D eigenvalue weighted by Gasteiger charge is 2.07. The first-order chi connectivity index (χ1) is 8.33. The Labute approximate surface area is 97.2 Å². The van der Waals surface area contributed by atoms with Crippen molar-refractivity contribution in [2.75, 3.05) is 7.11 Å². The molecule has 0 aliphatic carbocycles. The van der Waals surface area contributed by atoms with Crippen LogP contribution in [-0.2, 0) is 6.61 Å². The maximum atomic E-state index is 9.14. The van der Waals surface area contributed by atoms with Gasteiger partial charge in [-0.2, -0.15) is 0 Å². The number of pyridine rings is 1. The van der Waals surface area contributed by atoms with Crippen LogP contribution in [0.2, 0.25) is 0 Å². The molecule has 5 nitrogen and oxygen atoms in total. The fourth-order valence-electron chi connectivity index (χ4n) is 1.93. The molecule has 0 bridgehead atoms. The van der Waals surface area contributed by atoms with E-state index < -0.39 is 0 Å². The maximum absolute atomic E-state index is 9.14. The van der Waals surface area contributed by atoms with Gasteiger partial charge in [0.15, 0.2) is 0 Å². The van der Waals surface area contributed by atoms with Crippen LogP contribution in [0.4, 0.5) is 0 Å². The van der Waals surface area contributed by atoms with E-state index in [9.17, 15) is 0 Å². The van der Waals surface area contributed by atoms with Gasteiger partial charge in [0, 0.05) is 5.39 Å². The topological polar surface area (TPSA) is 59.7 Å². The lowest BCUT2D eigenvalue weighted by Gasteiger charge is -2.03. The molecule has 0 unspecified atom stereocenters. The third-order valence-electron chi connectivity index (χ3n) is 2.81. The fraction of sp³-hybridized carbons (Fsp3) is 0.167. The van der Waals surface area contributed by atoms with Crippen LogP contribution in [0.15, 0.2) is 30.3 Å². The van der Waals surface area contributed by atoms with Crippen LogP contribution in [0.3, 0.4) is 0 Å². The Bertz CT molecular complexity index is 691. The van der Waals surface area contributed by atoms with Crippen molar-refractivity contribution >= 4 is 16.4 Å². The van der Waals surface area contributed by atoms with E-state index >= 15 is 0 Å². The lowest BCUT2D eigenvalue weighted by Crippen LogP contribution is -1.91. The van der Waals surface area contributed by atoms with Crippen LogP contribution in [0.5, 0.6) is 5.75 Å². The molecular weight excluding hydrogens is 218 g/mol. The summed E-state index contributed by atoms with van der Waals surface area (Å²) >= 11 is 0. The summed E-state index contributed by atoms with van der Waals surface area (Å²) < 4.78 is 6.90. The van der Waals surface area contributed by atoms with Crippen molar-refractivity contribution in [1.29, 1.82) is 0 Å². The standard InChI is InChI=1S/C12H11N3O2/c1-17-9-3-5-11-8(6-9)2-4-12-10(7-16)13-14-15(11)12/h2-6,16H,7H2,1H3. The third kappa shape index (κ3) is 1.43. The molecule has 0 saturated carbocycles. The molecule has 3 rings (SSSR count). The molecule has 5 heteroatoms. The van der Waals surface area contributed by atoms with E-state index in [1.807, 2.05) is 30.3 Å². The first-order valence-electron chi connectivity index (χ1n) is 5.25. The molecule has 0 amide bonds. The molecule has 0 radical (unpaired) electrons. The number of rotatable bonds is 2. The minimum absolute atomic E-state index is 0.106. The molecule has 0 aliphatic rings. The average Bonchev–Trinajstić information content (AvgIpc) is 2.81. The van der Waals surface area contributed by atoms with Gasteiger partial charge in [-0.3, -0.25) is 0 Å². The van der Waals surface area contributed by atoms with Crippen molar-refractivity contribution in [3.8, 4) is 5.75 Å². The second-order valence-corrected chi connectivity index (χ2v) is 3.75. The number of nitrogens with zero attached hydrogens (tertiary/aromatic N) is 3. The lowest BCUT2D eigenvalue weighted by molar-refractivity contribution is 0.278. The molecule has 17 heavy (non-hydrogen) atoms. The van der Waals surface area contributed by atoms with Crippen LogP contribution < -0.4 is 4.74 Å². The SMILES string of the molecule is COc1ccc2c(ccc3c(CO)nnn32)c1. The minimum Gasteiger partial charge on any atom is -0.497 e. The monoisotopic (exact) mass is 229 g/mol. The van der Waals surface area contributed by atoms with E-state index in [-0.39, 0.29) is 6.61 Å². The van der Waals surface area contributed by atoms with Gasteiger partial charge in [-0.05, 0) is 24.3 Å². The smallest absolute Gasteiger partial charge is 0.119 e. The number of ether oxygens (including phenoxy) is 1. The van der Waals surface area contributed by atoms with E-state index in [1.165, 1.54) is 0 Å². The van der Waals surface area contributed by atoms with Gasteiger partial charge in [0.05, 0.1) is 24.8 Å². The van der Waals surface area contributed by atoms with E-state index in [0.717, 1.165) is 22.2 Å². The zero-order chi connectivity index (χ0) is 11.8. The second kappa shape index (κ2) is 3.71. The molecule has 0 saturated heterocycles. The van der Waals surface area contributed by atoms with Crippen LogP contribution >= 0.6 is 0 Å². The van der Waals surface area contributed by atoms with Crippen molar-refractivity contribution in [2.24, 2.45) is 0 Å². The number of methoxy groups -OCH3 is 1. The predicted octanol–water partition coefficient (Wildman–Crippen LogP) is 1.38. The Hall–Kier alpha value is -2.14. The van der Waals surface area contributed by atoms with Crippen LogP contribution in [0.25, 0.3) is 16.4 Å². The molecule has 86 valence electrons. The molecule has 0 fully saturated rings. The van der Waals surface area contributed by atoms with Crippen molar-refractivity contribution < 1.29 is 9.84 Å². The molecule has 3 aromatic rings. The molecule has 1 N–H and O–H groups in total. The maximum Gasteiger partial charge on any atom is 0.119 e. The minimum atomic E-state index is -0.106. The van der Waals surface area contributed by atoms with Crippen LogP contribution in [0, 0.1) is 0 Å². The zero-order valence-corrected chi connectivity index (χ0v) is 9.29.